The number of nitrogens with zero attached hydrogens (tertiary/aromatic N) is 3. The van der Waals surface area contributed by atoms with Gasteiger partial charge in [0.05, 0.1) is 27.4 Å². The Hall–Kier alpha value is -1.26. The molecule has 29 heavy (non-hydrogen) atoms. The standard InChI is InChI=1S/C21H36N4O3.HI/c1-16(2)19(25-9-11-28-12-10-25)14-23-21(22-3)24(4)15-17-7-8-18(26-5)13-20(17)27-6;/h7-8,13,16,19H,9-12,14-15H2,1-6H3,(H,22,23);1H. The van der Waals surface area contributed by atoms with Crippen LogP contribution in [-0.4, -0.2) is 83.0 Å². The molecule has 8 heteroatoms. The number of morpholine rings is 1. The predicted octanol–water partition coefficient (Wildman–Crippen LogP) is 2.69. The monoisotopic (exact) mass is 520 g/mol. The van der Waals surface area contributed by atoms with Gasteiger partial charge in [-0.05, 0) is 18.1 Å². The first-order valence-electron chi connectivity index (χ1n) is 9.94. The second-order valence-corrected chi connectivity index (χ2v) is 7.42. The maximum absolute atomic E-state index is 5.53. The molecule has 1 atom stereocenters. The number of hydrogen-bond donors (Lipinski definition) is 1. The van der Waals surface area contributed by atoms with Crippen LogP contribution in [0.15, 0.2) is 23.2 Å². The molecular weight excluding hydrogens is 483 g/mol. The van der Waals surface area contributed by atoms with Gasteiger partial charge in [0, 0.05) is 57.9 Å². The van der Waals surface area contributed by atoms with Gasteiger partial charge in [-0.15, -0.1) is 24.0 Å². The highest BCUT2D eigenvalue weighted by Gasteiger charge is 2.24. The van der Waals surface area contributed by atoms with Crippen LogP contribution in [0.25, 0.3) is 0 Å². The zero-order valence-corrected chi connectivity index (χ0v) is 20.9. The summed E-state index contributed by atoms with van der Waals surface area (Å²) >= 11 is 0. The zero-order chi connectivity index (χ0) is 20.5. The van der Waals surface area contributed by atoms with Crippen LogP contribution in [0.2, 0.25) is 0 Å². The molecule has 1 fully saturated rings. The Labute approximate surface area is 192 Å². The first kappa shape index (κ1) is 25.8. The van der Waals surface area contributed by atoms with Crippen LogP contribution >= 0.6 is 24.0 Å². The Balaban J connectivity index is 0.00000420. The molecule has 0 aromatic heterocycles. The van der Waals surface area contributed by atoms with Gasteiger partial charge < -0.3 is 24.4 Å². The van der Waals surface area contributed by atoms with Crippen LogP contribution in [0.5, 0.6) is 11.5 Å². The van der Waals surface area contributed by atoms with Crippen LogP contribution in [0.1, 0.15) is 19.4 Å². The third-order valence-electron chi connectivity index (χ3n) is 5.23. The fraction of sp³-hybridized carbons (Fsp3) is 0.667. The minimum absolute atomic E-state index is 0. The number of methoxy groups -OCH3 is 2. The van der Waals surface area contributed by atoms with Gasteiger partial charge in [0.25, 0.3) is 0 Å². The van der Waals surface area contributed by atoms with Crippen molar-refractivity contribution in [2.75, 3.05) is 61.2 Å². The minimum Gasteiger partial charge on any atom is -0.497 e. The smallest absolute Gasteiger partial charge is 0.193 e. The van der Waals surface area contributed by atoms with Crippen molar-refractivity contribution in [1.82, 2.24) is 15.1 Å². The van der Waals surface area contributed by atoms with E-state index in [0.717, 1.165) is 55.9 Å². The van der Waals surface area contributed by atoms with Crippen molar-refractivity contribution < 1.29 is 14.2 Å². The summed E-state index contributed by atoms with van der Waals surface area (Å²) in [5, 5.41) is 3.56. The van der Waals surface area contributed by atoms with Crippen molar-refractivity contribution in [3.8, 4) is 11.5 Å². The second kappa shape index (κ2) is 13.1. The van der Waals surface area contributed by atoms with E-state index >= 15 is 0 Å². The van der Waals surface area contributed by atoms with Gasteiger partial charge in [0.1, 0.15) is 11.5 Å². The summed E-state index contributed by atoms with van der Waals surface area (Å²) in [5.41, 5.74) is 1.09. The van der Waals surface area contributed by atoms with Gasteiger partial charge in [0.2, 0.25) is 0 Å². The highest BCUT2D eigenvalue weighted by molar-refractivity contribution is 14.0. The van der Waals surface area contributed by atoms with Crippen molar-refractivity contribution >= 4 is 29.9 Å². The number of aliphatic imine (C=N–C) groups is 1. The largest absolute Gasteiger partial charge is 0.497 e. The van der Waals surface area contributed by atoms with Gasteiger partial charge in [-0.1, -0.05) is 13.8 Å². The van der Waals surface area contributed by atoms with Crippen molar-refractivity contribution in [2.45, 2.75) is 26.4 Å². The summed E-state index contributed by atoms with van der Waals surface area (Å²) in [5.74, 6) is 3.03. The van der Waals surface area contributed by atoms with E-state index in [1.54, 1.807) is 14.2 Å². The van der Waals surface area contributed by atoms with Crippen LogP contribution in [0, 0.1) is 5.92 Å². The summed E-state index contributed by atoms with van der Waals surface area (Å²) in [6.07, 6.45) is 0. The first-order valence-corrected chi connectivity index (χ1v) is 9.94. The fourth-order valence-corrected chi connectivity index (χ4v) is 3.59. The van der Waals surface area contributed by atoms with E-state index in [-0.39, 0.29) is 24.0 Å². The van der Waals surface area contributed by atoms with E-state index in [1.165, 1.54) is 0 Å². The first-order chi connectivity index (χ1) is 13.5. The molecule has 1 aliphatic heterocycles. The minimum atomic E-state index is 0. The number of hydrogen-bond acceptors (Lipinski definition) is 5. The van der Waals surface area contributed by atoms with Crippen molar-refractivity contribution in [3.63, 3.8) is 0 Å². The second-order valence-electron chi connectivity index (χ2n) is 7.42. The lowest BCUT2D eigenvalue weighted by Crippen LogP contribution is -2.52. The molecule has 2 rings (SSSR count). The number of ether oxygens (including phenoxy) is 3. The van der Waals surface area contributed by atoms with Gasteiger partial charge in [-0.25, -0.2) is 0 Å². The van der Waals surface area contributed by atoms with Crippen LogP contribution in [0.4, 0.5) is 0 Å². The maximum Gasteiger partial charge on any atom is 0.193 e. The summed E-state index contributed by atoms with van der Waals surface area (Å²) in [6.45, 7) is 9.70. The zero-order valence-electron chi connectivity index (χ0n) is 18.6. The topological polar surface area (TPSA) is 58.6 Å². The molecule has 1 aliphatic rings. The number of guanidine groups is 1. The van der Waals surface area contributed by atoms with Crippen molar-refractivity contribution in [1.29, 1.82) is 0 Å². The molecule has 0 bridgehead atoms. The van der Waals surface area contributed by atoms with Crippen molar-refractivity contribution in [2.24, 2.45) is 10.9 Å². The van der Waals surface area contributed by atoms with Gasteiger partial charge in [-0.3, -0.25) is 9.89 Å². The fourth-order valence-electron chi connectivity index (χ4n) is 3.59. The Morgan fingerprint density at radius 1 is 1.24 bits per heavy atom. The Morgan fingerprint density at radius 2 is 1.93 bits per heavy atom. The van der Waals surface area contributed by atoms with Gasteiger partial charge in [0.15, 0.2) is 5.96 Å². The van der Waals surface area contributed by atoms with E-state index in [1.807, 2.05) is 32.3 Å². The van der Waals surface area contributed by atoms with Crippen LogP contribution < -0.4 is 14.8 Å². The van der Waals surface area contributed by atoms with E-state index in [0.29, 0.717) is 18.5 Å². The molecule has 0 amide bonds. The summed E-state index contributed by atoms with van der Waals surface area (Å²) < 4.78 is 16.3. The van der Waals surface area contributed by atoms with Gasteiger partial charge >= 0.3 is 0 Å². The van der Waals surface area contributed by atoms with Gasteiger partial charge in [-0.2, -0.15) is 0 Å². The molecule has 1 heterocycles. The normalized spacial score (nSPS) is 16.2. The molecule has 1 saturated heterocycles. The molecule has 166 valence electrons. The summed E-state index contributed by atoms with van der Waals surface area (Å²) in [6, 6.07) is 6.35. The Morgan fingerprint density at radius 3 is 2.48 bits per heavy atom. The molecule has 0 spiro atoms. The molecule has 0 saturated carbocycles. The highest BCUT2D eigenvalue weighted by Crippen LogP contribution is 2.25. The quantitative estimate of drug-likeness (QED) is 0.323. The molecule has 1 aromatic carbocycles. The summed E-state index contributed by atoms with van der Waals surface area (Å²) in [4.78, 5) is 9.10. The molecule has 1 unspecified atom stereocenters. The average molecular weight is 520 g/mol. The highest BCUT2D eigenvalue weighted by atomic mass is 127. The van der Waals surface area contributed by atoms with Crippen molar-refractivity contribution in [3.05, 3.63) is 23.8 Å². The third-order valence-corrected chi connectivity index (χ3v) is 5.23. The Kier molecular flexibility index (Phi) is 11.7. The van der Waals surface area contributed by atoms with E-state index in [4.69, 9.17) is 14.2 Å². The lowest BCUT2D eigenvalue weighted by molar-refractivity contribution is 0.00741. The average Bonchev–Trinajstić information content (AvgIpc) is 2.71. The number of nitrogens with one attached hydrogen (secondary N) is 1. The molecule has 1 aromatic rings. The van der Waals surface area contributed by atoms with E-state index in [9.17, 15) is 0 Å². The lowest BCUT2D eigenvalue weighted by atomic mass is 10.0. The number of halogens is 1. The van der Waals surface area contributed by atoms with Crippen LogP contribution in [0.3, 0.4) is 0 Å². The molecule has 1 N–H and O–H groups in total. The van der Waals surface area contributed by atoms with E-state index in [2.05, 4.69) is 34.0 Å². The molecule has 0 aliphatic carbocycles. The lowest BCUT2D eigenvalue weighted by Gasteiger charge is -2.37. The SMILES string of the molecule is CN=C(NCC(C(C)C)N1CCOCC1)N(C)Cc1ccc(OC)cc1OC.I. The third kappa shape index (κ3) is 7.49. The molecule has 7 nitrogen and oxygen atoms in total. The number of benzene rings is 1. The predicted molar refractivity (Wildman–Crippen MR) is 129 cm³/mol. The molecular formula is C21H37IN4O3. The van der Waals surface area contributed by atoms with E-state index < -0.39 is 0 Å². The maximum atomic E-state index is 5.53. The summed E-state index contributed by atoms with van der Waals surface area (Å²) in [7, 11) is 7.20. The molecule has 0 radical (unpaired) electrons. The number of rotatable bonds is 8. The van der Waals surface area contributed by atoms with Crippen LogP contribution in [-0.2, 0) is 11.3 Å². The Bertz CT molecular complexity index is 636.